The summed E-state index contributed by atoms with van der Waals surface area (Å²) in [5, 5.41) is 0. The van der Waals surface area contributed by atoms with Gasteiger partial charge in [-0.1, -0.05) is 12.1 Å². The average Bonchev–Trinajstić information content (AvgIpc) is 2.64. The van der Waals surface area contributed by atoms with E-state index < -0.39 is 15.8 Å². The molecule has 1 aliphatic heterocycles. The topological polar surface area (TPSA) is 57.7 Å². The van der Waals surface area contributed by atoms with Gasteiger partial charge in [0.2, 0.25) is 10.0 Å². The van der Waals surface area contributed by atoms with Crippen LogP contribution in [0.15, 0.2) is 47.4 Å². The Hall–Kier alpha value is -2.09. The number of ketones is 1. The van der Waals surface area contributed by atoms with Gasteiger partial charge in [0.1, 0.15) is 5.82 Å². The van der Waals surface area contributed by atoms with E-state index in [0.29, 0.717) is 31.7 Å². The molecule has 27 heavy (non-hydrogen) atoms. The summed E-state index contributed by atoms with van der Waals surface area (Å²) in [5.74, 6) is -0.434. The number of carbonyl (C=O) groups excluding carboxylic acids is 1. The first-order valence-electron chi connectivity index (χ1n) is 8.86. The monoisotopic (exact) mass is 390 g/mol. The van der Waals surface area contributed by atoms with Gasteiger partial charge in [-0.25, -0.2) is 12.8 Å². The van der Waals surface area contributed by atoms with Gasteiger partial charge in [-0.3, -0.25) is 9.69 Å². The van der Waals surface area contributed by atoms with Crippen LogP contribution in [-0.4, -0.2) is 56.1 Å². The molecule has 2 aromatic rings. The Morgan fingerprint density at radius 1 is 0.963 bits per heavy atom. The minimum Gasteiger partial charge on any atom is -0.293 e. The lowest BCUT2D eigenvalue weighted by atomic mass is 10.0. The van der Waals surface area contributed by atoms with Crippen LogP contribution in [0.25, 0.3) is 0 Å². The van der Waals surface area contributed by atoms with Crippen molar-refractivity contribution in [1.29, 1.82) is 0 Å². The Balaban J connectivity index is 1.60. The second-order valence-corrected chi connectivity index (χ2v) is 8.79. The molecule has 5 nitrogen and oxygen atoms in total. The van der Waals surface area contributed by atoms with Crippen LogP contribution in [0.5, 0.6) is 0 Å². The number of carbonyl (C=O) groups is 1. The summed E-state index contributed by atoms with van der Waals surface area (Å²) < 4.78 is 39.7. The van der Waals surface area contributed by atoms with E-state index >= 15 is 0 Å². The van der Waals surface area contributed by atoms with Gasteiger partial charge in [-0.2, -0.15) is 4.31 Å². The molecular weight excluding hydrogens is 367 g/mol. The molecule has 0 spiro atoms. The molecule has 3 rings (SSSR count). The van der Waals surface area contributed by atoms with E-state index in [-0.39, 0.29) is 17.2 Å². The number of halogens is 1. The van der Waals surface area contributed by atoms with Gasteiger partial charge in [-0.15, -0.1) is 0 Å². The smallest absolute Gasteiger partial charge is 0.243 e. The van der Waals surface area contributed by atoms with Crippen LogP contribution in [0.1, 0.15) is 21.5 Å². The maximum Gasteiger partial charge on any atom is 0.243 e. The molecule has 7 heteroatoms. The largest absolute Gasteiger partial charge is 0.293 e. The highest BCUT2D eigenvalue weighted by molar-refractivity contribution is 7.89. The average molecular weight is 390 g/mol. The summed E-state index contributed by atoms with van der Waals surface area (Å²) in [7, 11) is -3.64. The second kappa shape index (κ2) is 7.88. The lowest BCUT2D eigenvalue weighted by Gasteiger charge is -2.33. The first-order chi connectivity index (χ1) is 12.8. The van der Waals surface area contributed by atoms with Crippen molar-refractivity contribution >= 4 is 15.8 Å². The predicted octanol–water partition coefficient (Wildman–Crippen LogP) is 2.63. The number of piperazine rings is 1. The molecule has 1 fully saturated rings. The quantitative estimate of drug-likeness (QED) is 0.737. The molecule has 1 aliphatic rings. The van der Waals surface area contributed by atoms with Crippen LogP contribution in [-0.2, 0) is 10.0 Å². The SMILES string of the molecule is Cc1ccc(C(=O)CN2CCN(S(=O)(=O)c3ccc(F)cc3)CC2)cc1C. The zero-order valence-electron chi connectivity index (χ0n) is 15.5. The fourth-order valence-corrected chi connectivity index (χ4v) is 4.52. The van der Waals surface area contributed by atoms with Crippen LogP contribution < -0.4 is 0 Å². The van der Waals surface area contributed by atoms with Crippen molar-refractivity contribution in [1.82, 2.24) is 9.21 Å². The highest BCUT2D eigenvalue weighted by atomic mass is 32.2. The van der Waals surface area contributed by atoms with Gasteiger partial charge in [-0.05, 0) is 55.3 Å². The summed E-state index contributed by atoms with van der Waals surface area (Å²) >= 11 is 0. The number of hydrogen-bond acceptors (Lipinski definition) is 4. The molecule has 0 saturated carbocycles. The van der Waals surface area contributed by atoms with Crippen molar-refractivity contribution in [3.63, 3.8) is 0 Å². The zero-order chi connectivity index (χ0) is 19.6. The van der Waals surface area contributed by atoms with Gasteiger partial charge < -0.3 is 0 Å². The van der Waals surface area contributed by atoms with Crippen molar-refractivity contribution in [2.45, 2.75) is 18.7 Å². The molecule has 0 aliphatic carbocycles. The van der Waals surface area contributed by atoms with Crippen LogP contribution in [0.2, 0.25) is 0 Å². The third kappa shape index (κ3) is 4.43. The molecule has 0 aromatic heterocycles. The van der Waals surface area contributed by atoms with Crippen molar-refractivity contribution in [3.05, 3.63) is 65.0 Å². The number of benzene rings is 2. The van der Waals surface area contributed by atoms with E-state index in [9.17, 15) is 17.6 Å². The van der Waals surface area contributed by atoms with Crippen LogP contribution >= 0.6 is 0 Å². The Bertz CT molecular complexity index is 934. The predicted molar refractivity (Wildman–Crippen MR) is 102 cm³/mol. The summed E-state index contributed by atoms with van der Waals surface area (Å²) in [5.41, 5.74) is 2.90. The maximum atomic E-state index is 13.0. The third-order valence-electron chi connectivity index (χ3n) is 4.98. The number of nitrogens with zero attached hydrogens (tertiary/aromatic N) is 2. The molecule has 1 heterocycles. The number of Topliss-reactive ketones (excluding diaryl/α,β-unsaturated/α-hetero) is 1. The zero-order valence-corrected chi connectivity index (χ0v) is 16.3. The second-order valence-electron chi connectivity index (χ2n) is 6.86. The fourth-order valence-electron chi connectivity index (χ4n) is 3.09. The highest BCUT2D eigenvalue weighted by Gasteiger charge is 2.29. The normalized spacial score (nSPS) is 16.4. The van der Waals surface area contributed by atoms with E-state index in [2.05, 4.69) is 0 Å². The molecule has 2 aromatic carbocycles. The van der Waals surface area contributed by atoms with E-state index in [1.807, 2.05) is 36.9 Å². The molecule has 1 saturated heterocycles. The fraction of sp³-hybridized carbons (Fsp3) is 0.350. The van der Waals surface area contributed by atoms with E-state index in [0.717, 1.165) is 23.3 Å². The van der Waals surface area contributed by atoms with Crippen molar-refractivity contribution < 1.29 is 17.6 Å². The minimum atomic E-state index is -3.64. The van der Waals surface area contributed by atoms with Gasteiger partial charge in [0.05, 0.1) is 11.4 Å². The summed E-state index contributed by atoms with van der Waals surface area (Å²) in [6.45, 7) is 5.83. The van der Waals surface area contributed by atoms with Crippen LogP contribution in [0.3, 0.4) is 0 Å². The standard InChI is InChI=1S/C20H23FN2O3S/c1-15-3-4-17(13-16(15)2)20(24)14-22-9-11-23(12-10-22)27(25,26)19-7-5-18(21)6-8-19/h3-8,13H,9-12,14H2,1-2H3. The first-order valence-corrected chi connectivity index (χ1v) is 10.3. The number of rotatable bonds is 5. The van der Waals surface area contributed by atoms with Gasteiger partial charge in [0.15, 0.2) is 5.78 Å². The minimum absolute atomic E-state index is 0.0351. The Kier molecular flexibility index (Phi) is 5.74. The first kappa shape index (κ1) is 19.7. The molecule has 0 unspecified atom stereocenters. The lowest BCUT2D eigenvalue weighted by molar-refractivity contribution is 0.0901. The van der Waals surface area contributed by atoms with Crippen molar-refractivity contribution in [2.75, 3.05) is 32.7 Å². The van der Waals surface area contributed by atoms with Gasteiger partial charge in [0.25, 0.3) is 0 Å². The van der Waals surface area contributed by atoms with Crippen molar-refractivity contribution in [2.24, 2.45) is 0 Å². The van der Waals surface area contributed by atoms with Crippen LogP contribution in [0.4, 0.5) is 4.39 Å². The van der Waals surface area contributed by atoms with Crippen LogP contribution in [0, 0.1) is 19.7 Å². The molecule has 0 atom stereocenters. The molecule has 144 valence electrons. The molecular formula is C20H23FN2O3S. The summed E-state index contributed by atoms with van der Waals surface area (Å²) in [6, 6.07) is 10.5. The van der Waals surface area contributed by atoms with E-state index in [1.54, 1.807) is 0 Å². The van der Waals surface area contributed by atoms with Crippen molar-refractivity contribution in [3.8, 4) is 0 Å². The highest BCUT2D eigenvalue weighted by Crippen LogP contribution is 2.18. The van der Waals surface area contributed by atoms with Gasteiger partial charge in [0, 0.05) is 31.7 Å². The molecule has 0 amide bonds. The van der Waals surface area contributed by atoms with E-state index in [4.69, 9.17) is 0 Å². The Morgan fingerprint density at radius 3 is 2.19 bits per heavy atom. The number of aryl methyl sites for hydroxylation is 2. The number of hydrogen-bond donors (Lipinski definition) is 0. The van der Waals surface area contributed by atoms with Gasteiger partial charge >= 0.3 is 0 Å². The summed E-state index contributed by atoms with van der Waals surface area (Å²) in [6.07, 6.45) is 0. The third-order valence-corrected chi connectivity index (χ3v) is 6.89. The molecule has 0 bridgehead atoms. The maximum absolute atomic E-state index is 13.0. The number of sulfonamides is 1. The Morgan fingerprint density at radius 2 is 1.59 bits per heavy atom. The molecule has 0 radical (unpaired) electrons. The lowest BCUT2D eigenvalue weighted by Crippen LogP contribution is -2.49. The Labute approximate surface area is 159 Å². The molecule has 0 N–H and O–H groups in total. The van der Waals surface area contributed by atoms with E-state index in [1.165, 1.54) is 16.4 Å². The summed E-state index contributed by atoms with van der Waals surface area (Å²) in [4.78, 5) is 14.6.